The Bertz CT molecular complexity index is 934. The van der Waals surface area contributed by atoms with E-state index >= 15 is 0 Å². The molecule has 2 aromatic carbocycles. The minimum absolute atomic E-state index is 0. The van der Waals surface area contributed by atoms with Crippen LogP contribution in [0.4, 0.5) is 0 Å². The van der Waals surface area contributed by atoms with Crippen molar-refractivity contribution in [3.05, 3.63) is 83.6 Å². The maximum atomic E-state index is 7.04. The quantitative estimate of drug-likeness (QED) is 0.412. The van der Waals surface area contributed by atoms with Gasteiger partial charge in [0.1, 0.15) is 0 Å². The Morgan fingerprint density at radius 3 is 1.85 bits per heavy atom. The van der Waals surface area contributed by atoms with Crippen molar-refractivity contribution in [3.63, 3.8) is 0 Å². The third kappa shape index (κ3) is 4.69. The fourth-order valence-corrected chi connectivity index (χ4v) is 6.51. The topological polar surface area (TPSA) is 12.2 Å². The van der Waals surface area contributed by atoms with Gasteiger partial charge in [0.25, 0.3) is 5.54 Å². The molecule has 5 rings (SSSR count). The lowest BCUT2D eigenvalue weighted by atomic mass is 9.78. The molecule has 34 heavy (non-hydrogen) atoms. The Kier molecular flexibility index (Phi) is 8.77. The molecule has 0 atom stereocenters. The molecule has 0 spiro atoms. The highest BCUT2D eigenvalue weighted by Gasteiger charge is 2.60. The summed E-state index contributed by atoms with van der Waals surface area (Å²) in [4.78, 5) is 0. The first-order valence-corrected chi connectivity index (χ1v) is 13.6. The average Bonchev–Trinajstić information content (AvgIpc) is 3.25. The molecule has 3 aliphatic rings. The summed E-state index contributed by atoms with van der Waals surface area (Å²) in [5, 5.41) is 0. The summed E-state index contributed by atoms with van der Waals surface area (Å²) in [5.41, 5.74) is 2.17. The normalized spacial score (nSPS) is 22.4. The predicted octanol–water partition coefficient (Wildman–Crippen LogP) is 4.80. The summed E-state index contributed by atoms with van der Waals surface area (Å²) >= 11 is 6.21. The Labute approximate surface area is 216 Å². The summed E-state index contributed by atoms with van der Waals surface area (Å²) in [6.45, 7) is 0. The van der Waals surface area contributed by atoms with Crippen LogP contribution in [-0.2, 0) is 10.3 Å². The summed E-state index contributed by atoms with van der Waals surface area (Å²) < 4.78 is 9.80. The van der Waals surface area contributed by atoms with Gasteiger partial charge in [0, 0.05) is 29.8 Å². The third-order valence-corrected chi connectivity index (χ3v) is 8.10. The van der Waals surface area contributed by atoms with Crippen LogP contribution in [0.25, 0.3) is 0 Å². The molecule has 0 unspecified atom stereocenters. The van der Waals surface area contributed by atoms with Crippen LogP contribution in [0.2, 0.25) is 0 Å². The molecule has 0 saturated heterocycles. The van der Waals surface area contributed by atoms with Crippen molar-refractivity contribution in [3.8, 4) is 0 Å². The smallest absolute Gasteiger partial charge is 0.346 e. The molecule has 0 amide bonds. The van der Waals surface area contributed by atoms with Crippen molar-refractivity contribution in [2.24, 2.45) is 5.92 Å². The highest BCUT2D eigenvalue weighted by Crippen LogP contribution is 2.49. The monoisotopic (exact) mass is 497 g/mol. The first-order valence-electron chi connectivity index (χ1n) is 13.1. The number of allylic oxidation sites excluding steroid dienone is 1. The molecular weight excluding hydrogens is 461 g/mol. The Balaban J connectivity index is 0.00000274. The molecular formula is C30H37Cl2NO. The standard InChI is InChI=1S/C30H37ClNO.ClH/c31-23-13-22-28-30(25-16-7-2-8-17-25,26-18-9-3-10-19-26)32(27-20-11-4-12-21-27)29(33-28)24-14-5-1-6-15-24;/h2-3,7-10,16-19,22,24,27H,1,4-6,11-15,20-21,23H2;1H/q+1;/p-1. The van der Waals surface area contributed by atoms with E-state index in [1.165, 1.54) is 81.2 Å². The lowest BCUT2D eigenvalue weighted by Crippen LogP contribution is -3.00. The number of nitrogens with zero attached hydrogens (tertiary/aromatic N) is 1. The molecule has 1 aliphatic heterocycles. The molecule has 0 radical (unpaired) electrons. The van der Waals surface area contributed by atoms with Gasteiger partial charge in [0.15, 0.2) is 11.8 Å². The minimum Gasteiger partial charge on any atom is -1.00 e. The second-order valence-electron chi connectivity index (χ2n) is 9.93. The molecule has 2 saturated carbocycles. The van der Waals surface area contributed by atoms with Gasteiger partial charge in [-0.1, -0.05) is 86.3 Å². The first-order chi connectivity index (χ1) is 16.4. The van der Waals surface area contributed by atoms with Gasteiger partial charge in [0.05, 0.1) is 5.92 Å². The average molecular weight is 499 g/mol. The summed E-state index contributed by atoms with van der Waals surface area (Å²) in [6, 6.07) is 22.6. The zero-order valence-corrected chi connectivity index (χ0v) is 21.6. The Morgan fingerprint density at radius 1 is 0.794 bits per heavy atom. The van der Waals surface area contributed by atoms with Crippen LogP contribution in [0.1, 0.15) is 81.8 Å². The minimum atomic E-state index is -0.427. The van der Waals surface area contributed by atoms with Gasteiger partial charge >= 0.3 is 5.90 Å². The van der Waals surface area contributed by atoms with Crippen molar-refractivity contribution in [2.75, 3.05) is 5.88 Å². The number of rotatable bonds is 6. The lowest BCUT2D eigenvalue weighted by molar-refractivity contribution is -0.628. The van der Waals surface area contributed by atoms with Gasteiger partial charge in [-0.15, -0.1) is 11.6 Å². The molecule has 0 N–H and O–H groups in total. The van der Waals surface area contributed by atoms with E-state index in [2.05, 4.69) is 71.3 Å². The number of benzene rings is 2. The predicted molar refractivity (Wildman–Crippen MR) is 137 cm³/mol. The Hall–Kier alpha value is -1.77. The molecule has 2 aliphatic carbocycles. The molecule has 2 fully saturated rings. The van der Waals surface area contributed by atoms with E-state index in [0.717, 1.165) is 12.2 Å². The van der Waals surface area contributed by atoms with Gasteiger partial charge < -0.3 is 17.1 Å². The van der Waals surface area contributed by atoms with E-state index in [9.17, 15) is 0 Å². The van der Waals surface area contributed by atoms with E-state index in [4.69, 9.17) is 16.3 Å². The molecule has 4 heteroatoms. The fourth-order valence-electron chi connectivity index (χ4n) is 6.41. The van der Waals surface area contributed by atoms with Crippen molar-refractivity contribution in [1.82, 2.24) is 0 Å². The zero-order chi connectivity index (χ0) is 22.5. The van der Waals surface area contributed by atoms with Crippen LogP contribution in [0.3, 0.4) is 0 Å². The van der Waals surface area contributed by atoms with Gasteiger partial charge in [-0.25, -0.2) is 0 Å². The van der Waals surface area contributed by atoms with Crippen LogP contribution in [-0.4, -0.2) is 22.4 Å². The lowest BCUT2D eigenvalue weighted by Gasteiger charge is -2.33. The van der Waals surface area contributed by atoms with Crippen LogP contribution in [0.15, 0.2) is 72.5 Å². The van der Waals surface area contributed by atoms with Crippen LogP contribution in [0, 0.1) is 5.92 Å². The SMILES string of the molecule is ClCCC=C1OC(C2CCCCC2)=[N+](C2CCCCC2)C1(c1ccccc1)c1ccccc1.[Cl-]. The highest BCUT2D eigenvalue weighted by atomic mass is 35.5. The number of hydrogen-bond donors (Lipinski definition) is 0. The van der Waals surface area contributed by atoms with Gasteiger partial charge in [-0.2, -0.15) is 4.58 Å². The molecule has 2 nitrogen and oxygen atoms in total. The maximum absolute atomic E-state index is 7.04. The number of alkyl halides is 1. The van der Waals surface area contributed by atoms with E-state index < -0.39 is 5.54 Å². The largest absolute Gasteiger partial charge is 1.00 e. The highest BCUT2D eigenvalue weighted by molar-refractivity contribution is 6.17. The zero-order valence-electron chi connectivity index (χ0n) is 20.1. The van der Waals surface area contributed by atoms with E-state index in [-0.39, 0.29) is 12.4 Å². The molecule has 1 heterocycles. The first kappa shape index (κ1) is 25.3. The van der Waals surface area contributed by atoms with Crippen LogP contribution < -0.4 is 12.4 Å². The summed E-state index contributed by atoms with van der Waals surface area (Å²) in [6.07, 6.45) is 16.0. The summed E-state index contributed by atoms with van der Waals surface area (Å²) in [5.74, 6) is 3.41. The Morgan fingerprint density at radius 2 is 1.32 bits per heavy atom. The summed E-state index contributed by atoms with van der Waals surface area (Å²) in [7, 11) is 0. The van der Waals surface area contributed by atoms with E-state index in [1.54, 1.807) is 0 Å². The van der Waals surface area contributed by atoms with Crippen LogP contribution in [0.5, 0.6) is 0 Å². The second-order valence-corrected chi connectivity index (χ2v) is 10.3. The van der Waals surface area contributed by atoms with Crippen molar-refractivity contribution >= 4 is 17.5 Å². The van der Waals surface area contributed by atoms with E-state index in [0.29, 0.717) is 17.8 Å². The van der Waals surface area contributed by atoms with Crippen molar-refractivity contribution < 1.29 is 21.7 Å². The van der Waals surface area contributed by atoms with Gasteiger partial charge in [-0.05, 0) is 38.2 Å². The van der Waals surface area contributed by atoms with E-state index in [1.807, 2.05) is 0 Å². The van der Waals surface area contributed by atoms with Crippen molar-refractivity contribution in [1.29, 1.82) is 0 Å². The third-order valence-electron chi connectivity index (χ3n) is 7.89. The van der Waals surface area contributed by atoms with Gasteiger partial charge in [0.2, 0.25) is 0 Å². The maximum Gasteiger partial charge on any atom is 0.346 e. The van der Waals surface area contributed by atoms with Gasteiger partial charge in [-0.3, -0.25) is 0 Å². The molecule has 2 aromatic rings. The number of ether oxygens (including phenoxy) is 1. The van der Waals surface area contributed by atoms with Crippen molar-refractivity contribution in [2.45, 2.75) is 82.2 Å². The molecule has 182 valence electrons. The van der Waals surface area contributed by atoms with Crippen LogP contribution >= 0.6 is 11.6 Å². The molecule has 0 bridgehead atoms. The second kappa shape index (κ2) is 11.8. The number of hydrogen-bond acceptors (Lipinski definition) is 1. The number of halogens is 2. The molecule has 0 aromatic heterocycles. The fraction of sp³-hybridized carbons (Fsp3) is 0.500.